The second-order valence-electron chi connectivity index (χ2n) is 4.96. The van der Waals surface area contributed by atoms with Crippen molar-refractivity contribution in [3.8, 4) is 0 Å². The molecule has 1 aliphatic heterocycles. The minimum absolute atomic E-state index is 0. The van der Waals surface area contributed by atoms with E-state index in [-0.39, 0.29) is 12.4 Å². The van der Waals surface area contributed by atoms with Crippen molar-refractivity contribution in [2.75, 3.05) is 26.2 Å². The van der Waals surface area contributed by atoms with Crippen LogP contribution in [0.1, 0.15) is 25.3 Å². The molecular weight excluding hydrogens is 248 g/mol. The zero-order chi connectivity index (χ0) is 12.1. The zero-order valence-electron chi connectivity index (χ0n) is 11.4. The lowest BCUT2D eigenvalue weighted by atomic mass is 10.1. The van der Waals surface area contributed by atoms with Crippen LogP contribution < -0.4 is 5.32 Å². The molecule has 2 heterocycles. The van der Waals surface area contributed by atoms with E-state index in [4.69, 9.17) is 0 Å². The number of aryl methyl sites for hydroxylation is 1. The fourth-order valence-electron chi connectivity index (χ4n) is 2.54. The third-order valence-corrected chi connectivity index (χ3v) is 3.47. The summed E-state index contributed by atoms with van der Waals surface area (Å²) in [5.74, 6) is 0. The molecule has 0 amide bonds. The Labute approximate surface area is 116 Å². The summed E-state index contributed by atoms with van der Waals surface area (Å²) in [4.78, 5) is 2.61. The normalized spacial score (nSPS) is 20.7. The number of aromatic nitrogens is 2. The van der Waals surface area contributed by atoms with E-state index >= 15 is 0 Å². The first-order valence-corrected chi connectivity index (χ1v) is 6.73. The summed E-state index contributed by atoms with van der Waals surface area (Å²) < 4.78 is 2.06. The number of hydrogen-bond acceptors (Lipinski definition) is 3. The van der Waals surface area contributed by atoms with Gasteiger partial charge in [0, 0.05) is 38.4 Å². The summed E-state index contributed by atoms with van der Waals surface area (Å²) in [5, 5.41) is 7.83. The summed E-state index contributed by atoms with van der Waals surface area (Å²) in [6.45, 7) is 9.93. The Morgan fingerprint density at radius 3 is 2.94 bits per heavy atom. The number of nitrogens with one attached hydrogen (secondary N) is 1. The highest BCUT2D eigenvalue weighted by atomic mass is 35.5. The van der Waals surface area contributed by atoms with E-state index in [0.29, 0.717) is 6.04 Å². The van der Waals surface area contributed by atoms with Gasteiger partial charge < -0.3 is 5.32 Å². The largest absolute Gasteiger partial charge is 0.314 e. The van der Waals surface area contributed by atoms with Crippen LogP contribution in [-0.4, -0.2) is 46.9 Å². The third-order valence-electron chi connectivity index (χ3n) is 3.47. The van der Waals surface area contributed by atoms with Crippen LogP contribution in [0.5, 0.6) is 0 Å². The Bertz CT molecular complexity index is 337. The highest BCUT2D eigenvalue weighted by molar-refractivity contribution is 5.85. The summed E-state index contributed by atoms with van der Waals surface area (Å²) in [7, 11) is 0. The van der Waals surface area contributed by atoms with Gasteiger partial charge in [0.15, 0.2) is 0 Å². The first kappa shape index (κ1) is 15.5. The maximum Gasteiger partial charge on any atom is 0.0536 e. The minimum atomic E-state index is 0. The number of piperazine rings is 1. The van der Waals surface area contributed by atoms with E-state index < -0.39 is 0 Å². The molecule has 2 rings (SSSR count). The van der Waals surface area contributed by atoms with E-state index in [1.165, 1.54) is 24.9 Å². The van der Waals surface area contributed by atoms with Gasteiger partial charge in [0.05, 0.1) is 12.7 Å². The maximum absolute atomic E-state index is 4.35. The molecule has 1 N–H and O–H groups in total. The van der Waals surface area contributed by atoms with Crippen molar-refractivity contribution < 1.29 is 0 Å². The molecule has 1 aromatic rings. The molecule has 1 unspecified atom stereocenters. The molecule has 0 saturated carbocycles. The topological polar surface area (TPSA) is 33.1 Å². The average Bonchev–Trinajstić information content (AvgIpc) is 2.74. The van der Waals surface area contributed by atoms with Crippen molar-refractivity contribution in [2.24, 2.45) is 0 Å². The van der Waals surface area contributed by atoms with Gasteiger partial charge in [-0.15, -0.1) is 12.4 Å². The van der Waals surface area contributed by atoms with Gasteiger partial charge in [-0.3, -0.25) is 9.58 Å². The van der Waals surface area contributed by atoms with E-state index in [1.54, 1.807) is 0 Å². The van der Waals surface area contributed by atoms with Gasteiger partial charge in [-0.05, 0) is 18.9 Å². The van der Waals surface area contributed by atoms with Gasteiger partial charge in [0.1, 0.15) is 0 Å². The number of rotatable bonds is 5. The molecule has 0 bridgehead atoms. The van der Waals surface area contributed by atoms with E-state index in [9.17, 15) is 0 Å². The average molecular weight is 273 g/mol. The predicted octanol–water partition coefficient (Wildman–Crippen LogP) is 1.69. The Balaban J connectivity index is 0.00000162. The first-order chi connectivity index (χ1) is 8.29. The predicted molar refractivity (Wildman–Crippen MR) is 77.4 cm³/mol. The SMILES string of the molecule is CCCC1CNCCN1CCn1cc(C)cn1.Cl. The van der Waals surface area contributed by atoms with Gasteiger partial charge in [-0.1, -0.05) is 13.3 Å². The Morgan fingerprint density at radius 2 is 2.28 bits per heavy atom. The molecule has 0 aromatic carbocycles. The lowest BCUT2D eigenvalue weighted by Crippen LogP contribution is -2.51. The number of nitrogens with zero attached hydrogens (tertiary/aromatic N) is 3. The first-order valence-electron chi connectivity index (χ1n) is 6.73. The van der Waals surface area contributed by atoms with E-state index in [0.717, 1.165) is 26.2 Å². The summed E-state index contributed by atoms with van der Waals surface area (Å²) in [6, 6.07) is 0.713. The van der Waals surface area contributed by atoms with Crippen LogP contribution in [0.4, 0.5) is 0 Å². The van der Waals surface area contributed by atoms with Gasteiger partial charge in [-0.2, -0.15) is 5.10 Å². The van der Waals surface area contributed by atoms with Gasteiger partial charge >= 0.3 is 0 Å². The van der Waals surface area contributed by atoms with Crippen molar-refractivity contribution in [3.63, 3.8) is 0 Å². The Hall–Kier alpha value is -0.580. The second-order valence-corrected chi connectivity index (χ2v) is 4.96. The molecule has 0 aliphatic carbocycles. The zero-order valence-corrected chi connectivity index (χ0v) is 12.2. The second kappa shape index (κ2) is 7.77. The summed E-state index contributed by atoms with van der Waals surface area (Å²) >= 11 is 0. The molecule has 1 fully saturated rings. The summed E-state index contributed by atoms with van der Waals surface area (Å²) in [6.07, 6.45) is 6.62. The minimum Gasteiger partial charge on any atom is -0.314 e. The lowest BCUT2D eigenvalue weighted by molar-refractivity contribution is 0.145. The van der Waals surface area contributed by atoms with Crippen LogP contribution in [0, 0.1) is 6.92 Å². The van der Waals surface area contributed by atoms with E-state index in [1.807, 2.05) is 6.20 Å². The van der Waals surface area contributed by atoms with Crippen LogP contribution >= 0.6 is 12.4 Å². The molecule has 4 nitrogen and oxygen atoms in total. The highest BCUT2D eigenvalue weighted by Gasteiger charge is 2.20. The third kappa shape index (κ3) is 4.26. The van der Waals surface area contributed by atoms with Crippen LogP contribution in [0.2, 0.25) is 0 Å². The smallest absolute Gasteiger partial charge is 0.0536 e. The molecule has 1 atom stereocenters. The van der Waals surface area contributed by atoms with Crippen molar-refractivity contribution in [3.05, 3.63) is 18.0 Å². The maximum atomic E-state index is 4.35. The van der Waals surface area contributed by atoms with Crippen molar-refractivity contribution >= 4 is 12.4 Å². The quantitative estimate of drug-likeness (QED) is 0.886. The molecule has 104 valence electrons. The van der Waals surface area contributed by atoms with E-state index in [2.05, 4.69) is 40.0 Å². The summed E-state index contributed by atoms with van der Waals surface area (Å²) in [5.41, 5.74) is 1.25. The van der Waals surface area contributed by atoms with Gasteiger partial charge in [-0.25, -0.2) is 0 Å². The molecular formula is C13H25ClN4. The molecule has 1 aromatic heterocycles. The Morgan fingerprint density at radius 1 is 1.44 bits per heavy atom. The molecule has 18 heavy (non-hydrogen) atoms. The molecule has 1 saturated heterocycles. The molecule has 0 radical (unpaired) electrons. The highest BCUT2D eigenvalue weighted by Crippen LogP contribution is 2.09. The standard InChI is InChI=1S/C13H24N4.ClH/c1-3-4-13-10-14-5-6-16(13)7-8-17-11-12(2)9-15-17;/h9,11,13-14H,3-8,10H2,1-2H3;1H. The van der Waals surface area contributed by atoms with Crippen LogP contribution in [0.3, 0.4) is 0 Å². The van der Waals surface area contributed by atoms with Crippen molar-refractivity contribution in [2.45, 2.75) is 39.3 Å². The van der Waals surface area contributed by atoms with Crippen molar-refractivity contribution in [1.29, 1.82) is 0 Å². The van der Waals surface area contributed by atoms with Crippen LogP contribution in [-0.2, 0) is 6.54 Å². The molecule has 1 aliphatic rings. The number of hydrogen-bond donors (Lipinski definition) is 1. The van der Waals surface area contributed by atoms with Crippen LogP contribution in [0.15, 0.2) is 12.4 Å². The van der Waals surface area contributed by atoms with Crippen LogP contribution in [0.25, 0.3) is 0 Å². The monoisotopic (exact) mass is 272 g/mol. The fourth-order valence-corrected chi connectivity index (χ4v) is 2.54. The van der Waals surface area contributed by atoms with Gasteiger partial charge in [0.25, 0.3) is 0 Å². The van der Waals surface area contributed by atoms with Gasteiger partial charge in [0.2, 0.25) is 0 Å². The lowest BCUT2D eigenvalue weighted by Gasteiger charge is -2.36. The Kier molecular flexibility index (Phi) is 6.68. The van der Waals surface area contributed by atoms with Crippen molar-refractivity contribution in [1.82, 2.24) is 20.0 Å². The fraction of sp³-hybridized carbons (Fsp3) is 0.769. The molecule has 5 heteroatoms. The molecule has 0 spiro atoms. The number of halogens is 1.